The van der Waals surface area contributed by atoms with Crippen LogP contribution in [0.25, 0.3) is 0 Å². The molecule has 0 spiro atoms. The van der Waals surface area contributed by atoms with Crippen molar-refractivity contribution in [2.45, 2.75) is 6.54 Å². The van der Waals surface area contributed by atoms with Crippen LogP contribution in [0.1, 0.15) is 5.56 Å². The summed E-state index contributed by atoms with van der Waals surface area (Å²) in [6, 6.07) is 10.0. The Bertz CT molecular complexity index is 708. The van der Waals surface area contributed by atoms with E-state index in [-0.39, 0.29) is 34.5 Å². The highest BCUT2D eigenvalue weighted by Gasteiger charge is 2.13. The minimum absolute atomic E-state index is 0.0104. The number of hydrogen-bond donors (Lipinski definition) is 2. The quantitative estimate of drug-likeness (QED) is 0.832. The van der Waals surface area contributed by atoms with E-state index in [0.717, 1.165) is 0 Å². The average molecular weight is 338 g/mol. The molecule has 0 aromatic heterocycles. The van der Waals surface area contributed by atoms with E-state index in [2.05, 4.69) is 0 Å². The fourth-order valence-electron chi connectivity index (χ4n) is 1.84. The Morgan fingerprint density at radius 3 is 2.65 bits per heavy atom. The third-order valence-corrected chi connectivity index (χ3v) is 3.23. The monoisotopic (exact) mass is 337 g/mol. The van der Waals surface area contributed by atoms with Crippen molar-refractivity contribution in [3.8, 4) is 11.5 Å². The first-order valence-corrected chi connectivity index (χ1v) is 6.91. The maximum atomic E-state index is 12.0. The van der Waals surface area contributed by atoms with Gasteiger partial charge in [-0.25, -0.2) is 4.79 Å². The molecule has 8 heteroatoms. The molecule has 0 radical (unpaired) electrons. The van der Waals surface area contributed by atoms with Gasteiger partial charge in [-0.2, -0.15) is 0 Å². The summed E-state index contributed by atoms with van der Waals surface area (Å²) in [6.07, 6.45) is -0.679. The van der Waals surface area contributed by atoms with Gasteiger partial charge in [0, 0.05) is 18.6 Å². The largest absolute Gasteiger partial charge is 0.872 e. The first kappa shape index (κ1) is 16.9. The zero-order chi connectivity index (χ0) is 17.0. The van der Waals surface area contributed by atoms with Crippen LogP contribution in [-0.4, -0.2) is 28.5 Å². The van der Waals surface area contributed by atoms with Gasteiger partial charge in [-0.1, -0.05) is 23.7 Å². The van der Waals surface area contributed by atoms with E-state index in [1.54, 1.807) is 18.2 Å². The second-order valence-corrected chi connectivity index (χ2v) is 5.20. The normalized spacial score (nSPS) is 10.3. The standard InChI is InChI=1S/C15H15ClN2O5/c1-17(15(20)23-13-4-2-3-11(16)8-13)9-10-7-12(18(21)22)5-6-14(10)19/h2-8,19,21-22H,9H2,1H3/p-1. The lowest BCUT2D eigenvalue weighted by Crippen LogP contribution is -2.29. The predicted octanol–water partition coefficient (Wildman–Crippen LogP) is 2.63. The highest BCUT2D eigenvalue weighted by atomic mass is 35.5. The Kier molecular flexibility index (Phi) is 5.28. The fraction of sp³-hybridized carbons (Fsp3) is 0.133. The molecule has 2 N–H and O–H groups in total. The van der Waals surface area contributed by atoms with Crippen LogP contribution in [0.3, 0.4) is 0 Å². The van der Waals surface area contributed by atoms with Gasteiger partial charge in [-0.05, 0) is 35.9 Å². The van der Waals surface area contributed by atoms with Crippen LogP contribution < -0.4 is 15.1 Å². The molecule has 2 aromatic carbocycles. The number of amides is 1. The van der Waals surface area contributed by atoms with Gasteiger partial charge in [0.2, 0.25) is 0 Å². The minimum Gasteiger partial charge on any atom is -0.872 e. The van der Waals surface area contributed by atoms with Crippen LogP contribution in [0, 0.1) is 0 Å². The summed E-state index contributed by atoms with van der Waals surface area (Å²) in [4.78, 5) is 13.2. The van der Waals surface area contributed by atoms with Crippen LogP contribution in [0.5, 0.6) is 11.5 Å². The lowest BCUT2D eigenvalue weighted by molar-refractivity contribution is -0.269. The number of anilines is 1. The van der Waals surface area contributed by atoms with E-state index in [0.29, 0.717) is 5.02 Å². The molecule has 0 fully saturated rings. The Balaban J connectivity index is 2.07. The Hall–Kier alpha value is -2.48. The van der Waals surface area contributed by atoms with Crippen molar-refractivity contribution >= 4 is 23.4 Å². The number of hydrogen-bond acceptors (Lipinski definition) is 6. The molecule has 0 saturated heterocycles. The third-order valence-electron chi connectivity index (χ3n) is 3.00. The molecule has 0 heterocycles. The molecule has 0 aliphatic rings. The molecule has 7 nitrogen and oxygen atoms in total. The fourth-order valence-corrected chi connectivity index (χ4v) is 2.02. The average Bonchev–Trinajstić information content (AvgIpc) is 2.49. The Morgan fingerprint density at radius 1 is 1.26 bits per heavy atom. The molecule has 0 bridgehead atoms. The van der Waals surface area contributed by atoms with Gasteiger partial charge in [0.1, 0.15) is 5.75 Å². The zero-order valence-corrected chi connectivity index (χ0v) is 12.9. The van der Waals surface area contributed by atoms with Crippen LogP contribution in [0.4, 0.5) is 10.5 Å². The summed E-state index contributed by atoms with van der Waals surface area (Å²) in [7, 11) is 1.45. The first-order valence-electron chi connectivity index (χ1n) is 6.53. The van der Waals surface area contributed by atoms with Gasteiger partial charge < -0.3 is 14.7 Å². The van der Waals surface area contributed by atoms with E-state index in [1.807, 2.05) is 0 Å². The molecule has 2 aromatic rings. The number of nitrogens with zero attached hydrogens (tertiary/aromatic N) is 2. The summed E-state index contributed by atoms with van der Waals surface area (Å²) < 4.78 is 5.14. The van der Waals surface area contributed by atoms with Crippen LogP contribution >= 0.6 is 11.6 Å². The van der Waals surface area contributed by atoms with Crippen LogP contribution in [0.15, 0.2) is 42.5 Å². The summed E-state index contributed by atoms with van der Waals surface area (Å²) >= 11 is 5.81. The van der Waals surface area contributed by atoms with Crippen molar-refractivity contribution in [3.63, 3.8) is 0 Å². The lowest BCUT2D eigenvalue weighted by Gasteiger charge is -2.22. The lowest BCUT2D eigenvalue weighted by atomic mass is 10.1. The smallest absolute Gasteiger partial charge is 0.415 e. The van der Waals surface area contributed by atoms with E-state index >= 15 is 0 Å². The maximum absolute atomic E-state index is 12.0. The number of carbonyl (C=O) groups is 1. The van der Waals surface area contributed by atoms with Crippen molar-refractivity contribution < 1.29 is 25.1 Å². The summed E-state index contributed by atoms with van der Waals surface area (Å²) in [5, 5.41) is 30.0. The van der Waals surface area contributed by atoms with Gasteiger partial charge >= 0.3 is 6.09 Å². The maximum Gasteiger partial charge on any atom is 0.415 e. The number of halogens is 1. The van der Waals surface area contributed by atoms with E-state index in [1.165, 1.54) is 36.2 Å². The molecule has 23 heavy (non-hydrogen) atoms. The van der Waals surface area contributed by atoms with E-state index in [9.17, 15) is 9.90 Å². The molecule has 0 aliphatic heterocycles. The zero-order valence-electron chi connectivity index (χ0n) is 12.1. The van der Waals surface area contributed by atoms with E-state index < -0.39 is 6.09 Å². The van der Waals surface area contributed by atoms with Crippen molar-refractivity contribution in [1.82, 2.24) is 4.90 Å². The van der Waals surface area contributed by atoms with E-state index in [4.69, 9.17) is 26.8 Å². The van der Waals surface area contributed by atoms with Crippen molar-refractivity contribution in [2.75, 3.05) is 12.3 Å². The topological polar surface area (TPSA) is 96.3 Å². The SMILES string of the molecule is CN(Cc1cc(N(O)O)ccc1[O-])C(=O)Oc1cccc(Cl)c1. The molecule has 0 unspecified atom stereocenters. The number of rotatable bonds is 4. The minimum atomic E-state index is -0.679. The molecule has 122 valence electrons. The molecule has 1 amide bonds. The van der Waals surface area contributed by atoms with Crippen LogP contribution in [-0.2, 0) is 6.54 Å². The van der Waals surface area contributed by atoms with Gasteiger partial charge in [-0.3, -0.25) is 10.4 Å². The summed E-state index contributed by atoms with van der Waals surface area (Å²) in [5.41, 5.74) is 0.220. The molecular formula is C15H14ClN2O5-. The third kappa shape index (κ3) is 4.49. The summed E-state index contributed by atoms with van der Waals surface area (Å²) in [6.45, 7) is -0.0556. The van der Waals surface area contributed by atoms with Gasteiger partial charge in [0.25, 0.3) is 0 Å². The molecule has 0 saturated carbocycles. The van der Waals surface area contributed by atoms with Crippen LogP contribution in [0.2, 0.25) is 5.02 Å². The van der Waals surface area contributed by atoms with Gasteiger partial charge in [0.15, 0.2) is 0 Å². The Morgan fingerprint density at radius 2 is 2.00 bits per heavy atom. The predicted molar refractivity (Wildman–Crippen MR) is 80.9 cm³/mol. The first-order chi connectivity index (χ1) is 10.9. The number of ether oxygens (including phenoxy) is 1. The highest BCUT2D eigenvalue weighted by molar-refractivity contribution is 6.30. The van der Waals surface area contributed by atoms with Gasteiger partial charge in [-0.15, -0.1) is 11.0 Å². The number of carbonyl (C=O) groups excluding carboxylic acids is 1. The molecule has 0 atom stereocenters. The number of benzene rings is 2. The van der Waals surface area contributed by atoms with Gasteiger partial charge in [0.05, 0.1) is 5.69 Å². The Labute approximate surface area is 137 Å². The second kappa shape index (κ2) is 7.19. The molecular weight excluding hydrogens is 324 g/mol. The second-order valence-electron chi connectivity index (χ2n) is 4.76. The van der Waals surface area contributed by atoms with Crippen molar-refractivity contribution in [1.29, 1.82) is 0 Å². The van der Waals surface area contributed by atoms with Crippen molar-refractivity contribution in [2.24, 2.45) is 0 Å². The van der Waals surface area contributed by atoms with Crippen molar-refractivity contribution in [3.05, 3.63) is 53.1 Å². The summed E-state index contributed by atoms with van der Waals surface area (Å²) in [5.74, 6) is -0.0552. The molecule has 2 rings (SSSR count). The highest BCUT2D eigenvalue weighted by Crippen LogP contribution is 2.23. The molecule has 0 aliphatic carbocycles.